The summed E-state index contributed by atoms with van der Waals surface area (Å²) in [6.07, 6.45) is 0.785. The third-order valence-corrected chi connectivity index (χ3v) is 5.56. The van der Waals surface area contributed by atoms with Crippen LogP contribution in [-0.2, 0) is 25.8 Å². The van der Waals surface area contributed by atoms with E-state index in [9.17, 15) is 18.0 Å². The van der Waals surface area contributed by atoms with Gasteiger partial charge in [-0.1, -0.05) is 19.1 Å². The lowest BCUT2D eigenvalue weighted by molar-refractivity contribution is -0.141. The smallest absolute Gasteiger partial charge is 0.306 e. The quantitative estimate of drug-likeness (QED) is 0.850. The fourth-order valence-corrected chi connectivity index (χ4v) is 4.15. The van der Waals surface area contributed by atoms with Gasteiger partial charge in [-0.25, -0.2) is 8.42 Å². The zero-order valence-corrected chi connectivity index (χ0v) is 13.1. The largest absolute Gasteiger partial charge is 0.481 e. The van der Waals surface area contributed by atoms with Crippen LogP contribution < -0.4 is 5.32 Å². The van der Waals surface area contributed by atoms with E-state index in [4.69, 9.17) is 5.11 Å². The molecule has 1 aliphatic rings. The first kappa shape index (κ1) is 16.5. The second kappa shape index (κ2) is 6.48. The maximum atomic E-state index is 12.0. The molecule has 2 rings (SSSR count). The predicted octanol–water partition coefficient (Wildman–Crippen LogP) is 1.32. The molecule has 120 valence electrons. The Kier molecular flexibility index (Phi) is 4.85. The van der Waals surface area contributed by atoms with E-state index in [1.54, 1.807) is 31.2 Å². The summed E-state index contributed by atoms with van der Waals surface area (Å²) in [6, 6.07) is 6.93. The third-order valence-electron chi connectivity index (χ3n) is 3.79. The molecule has 6 nitrogen and oxygen atoms in total. The number of aliphatic carboxylic acids is 1. The minimum atomic E-state index is -3.08. The molecule has 0 bridgehead atoms. The van der Waals surface area contributed by atoms with Crippen molar-refractivity contribution in [3.05, 3.63) is 29.8 Å². The molecule has 1 fully saturated rings. The van der Waals surface area contributed by atoms with Crippen molar-refractivity contribution in [1.82, 2.24) is 0 Å². The molecule has 1 aromatic carbocycles. The highest BCUT2D eigenvalue weighted by molar-refractivity contribution is 7.91. The summed E-state index contributed by atoms with van der Waals surface area (Å²) in [5.41, 5.74) is 1.46. The first-order valence-corrected chi connectivity index (χ1v) is 8.92. The van der Waals surface area contributed by atoms with Crippen molar-refractivity contribution in [2.24, 2.45) is 11.8 Å². The zero-order valence-electron chi connectivity index (χ0n) is 12.3. The molecule has 2 atom stereocenters. The highest BCUT2D eigenvalue weighted by atomic mass is 32.2. The Morgan fingerprint density at radius 1 is 1.32 bits per heavy atom. The van der Waals surface area contributed by atoms with E-state index >= 15 is 0 Å². The lowest BCUT2D eigenvalue weighted by Crippen LogP contribution is -2.23. The number of anilines is 1. The molecule has 0 unspecified atom stereocenters. The summed E-state index contributed by atoms with van der Waals surface area (Å²) < 4.78 is 22.7. The van der Waals surface area contributed by atoms with Gasteiger partial charge < -0.3 is 10.4 Å². The molecule has 22 heavy (non-hydrogen) atoms. The molecular formula is C15H19NO5S. The van der Waals surface area contributed by atoms with Crippen molar-refractivity contribution in [2.45, 2.75) is 19.8 Å². The molecule has 7 heteroatoms. The highest BCUT2D eigenvalue weighted by Crippen LogP contribution is 2.21. The SMILES string of the molecule is C[C@H](Cc1ccc(NC(=O)[C@@H]2CCS(=O)(=O)C2)cc1)C(=O)O. The minimum absolute atomic E-state index is 0.0666. The van der Waals surface area contributed by atoms with Crippen molar-refractivity contribution in [2.75, 3.05) is 16.8 Å². The van der Waals surface area contributed by atoms with Gasteiger partial charge in [0.2, 0.25) is 5.91 Å². The maximum Gasteiger partial charge on any atom is 0.306 e. The van der Waals surface area contributed by atoms with E-state index in [2.05, 4.69) is 5.32 Å². The monoisotopic (exact) mass is 325 g/mol. The number of hydrogen-bond donors (Lipinski definition) is 2. The van der Waals surface area contributed by atoms with Crippen molar-refractivity contribution >= 4 is 27.4 Å². The maximum absolute atomic E-state index is 12.0. The molecule has 1 saturated heterocycles. The van der Waals surface area contributed by atoms with Crippen LogP contribution >= 0.6 is 0 Å². The van der Waals surface area contributed by atoms with Gasteiger partial charge >= 0.3 is 5.97 Å². The second-order valence-corrected chi connectivity index (χ2v) is 7.96. The van der Waals surface area contributed by atoms with Gasteiger partial charge in [-0.3, -0.25) is 9.59 Å². The minimum Gasteiger partial charge on any atom is -0.481 e. The lowest BCUT2D eigenvalue weighted by atomic mass is 10.0. The summed E-state index contributed by atoms with van der Waals surface area (Å²) in [5, 5.41) is 11.6. The standard InChI is InChI=1S/C15H19NO5S/c1-10(15(18)19)8-11-2-4-13(5-3-11)16-14(17)12-6-7-22(20,21)9-12/h2-5,10,12H,6-9H2,1H3,(H,16,17)(H,18,19)/t10-,12-/m1/s1. The molecular weight excluding hydrogens is 306 g/mol. The van der Waals surface area contributed by atoms with E-state index in [0.717, 1.165) is 5.56 Å². The molecule has 0 aliphatic carbocycles. The second-order valence-electron chi connectivity index (χ2n) is 5.73. The van der Waals surface area contributed by atoms with Crippen molar-refractivity contribution in [1.29, 1.82) is 0 Å². The summed E-state index contributed by atoms with van der Waals surface area (Å²) in [6.45, 7) is 1.64. The molecule has 1 aromatic rings. The molecule has 0 aromatic heterocycles. The van der Waals surface area contributed by atoms with Crippen LogP contribution in [0.15, 0.2) is 24.3 Å². The first-order valence-electron chi connectivity index (χ1n) is 7.10. The Balaban J connectivity index is 1.94. The normalized spacial score (nSPS) is 21.2. The molecule has 1 aliphatic heterocycles. The molecule has 0 radical (unpaired) electrons. The molecule has 0 saturated carbocycles. The lowest BCUT2D eigenvalue weighted by Gasteiger charge is -2.11. The number of amides is 1. The van der Waals surface area contributed by atoms with E-state index in [1.807, 2.05) is 0 Å². The van der Waals surface area contributed by atoms with Crippen LogP contribution in [0.3, 0.4) is 0 Å². The van der Waals surface area contributed by atoms with Crippen molar-refractivity contribution < 1.29 is 23.1 Å². The number of sulfone groups is 1. The molecule has 1 amide bonds. The van der Waals surface area contributed by atoms with Gasteiger partial charge in [0.25, 0.3) is 0 Å². The fourth-order valence-electron chi connectivity index (χ4n) is 2.41. The third kappa shape index (κ3) is 4.30. The molecule has 0 spiro atoms. The van der Waals surface area contributed by atoms with Gasteiger partial charge in [-0.2, -0.15) is 0 Å². The van der Waals surface area contributed by atoms with Crippen molar-refractivity contribution in [3.8, 4) is 0 Å². The van der Waals surface area contributed by atoms with Crippen LogP contribution in [0, 0.1) is 11.8 Å². The van der Waals surface area contributed by atoms with Crippen LogP contribution in [-0.4, -0.2) is 36.9 Å². The number of carboxylic acid groups (broad SMARTS) is 1. The number of rotatable bonds is 5. The summed E-state index contributed by atoms with van der Waals surface area (Å²) in [7, 11) is -3.08. The van der Waals surface area contributed by atoms with E-state index < -0.39 is 27.6 Å². The van der Waals surface area contributed by atoms with Gasteiger partial charge in [0.05, 0.1) is 23.3 Å². The van der Waals surface area contributed by atoms with Gasteiger partial charge in [-0.15, -0.1) is 0 Å². The Bertz CT molecular complexity index is 666. The first-order chi connectivity index (χ1) is 10.3. The van der Waals surface area contributed by atoms with Gasteiger partial charge in [-0.05, 0) is 30.5 Å². The van der Waals surface area contributed by atoms with Crippen LogP contribution in [0.1, 0.15) is 18.9 Å². The van der Waals surface area contributed by atoms with E-state index in [1.165, 1.54) is 0 Å². The molecule has 1 heterocycles. The fraction of sp³-hybridized carbons (Fsp3) is 0.467. The average Bonchev–Trinajstić information content (AvgIpc) is 2.81. The van der Waals surface area contributed by atoms with Gasteiger partial charge in [0, 0.05) is 5.69 Å². The summed E-state index contributed by atoms with van der Waals surface area (Å²) in [4.78, 5) is 22.8. The van der Waals surface area contributed by atoms with Gasteiger partial charge in [0.1, 0.15) is 0 Å². The van der Waals surface area contributed by atoms with Crippen LogP contribution in [0.2, 0.25) is 0 Å². The number of hydrogen-bond acceptors (Lipinski definition) is 4. The number of nitrogens with one attached hydrogen (secondary N) is 1. The molecule has 2 N–H and O–H groups in total. The highest BCUT2D eigenvalue weighted by Gasteiger charge is 2.32. The average molecular weight is 325 g/mol. The van der Waals surface area contributed by atoms with Gasteiger partial charge in [0.15, 0.2) is 9.84 Å². The summed E-state index contributed by atoms with van der Waals surface area (Å²) >= 11 is 0. The number of carbonyl (C=O) groups excluding carboxylic acids is 1. The van der Waals surface area contributed by atoms with Crippen LogP contribution in [0.25, 0.3) is 0 Å². The van der Waals surface area contributed by atoms with E-state index in [-0.39, 0.29) is 17.4 Å². The zero-order chi connectivity index (χ0) is 16.3. The Hall–Kier alpha value is -1.89. The summed E-state index contributed by atoms with van der Waals surface area (Å²) in [5.74, 6) is -2.11. The Morgan fingerprint density at radius 3 is 2.45 bits per heavy atom. The van der Waals surface area contributed by atoms with Crippen molar-refractivity contribution in [3.63, 3.8) is 0 Å². The Labute approximate surface area is 129 Å². The number of benzene rings is 1. The number of carboxylic acids is 1. The topological polar surface area (TPSA) is 101 Å². The van der Waals surface area contributed by atoms with E-state index in [0.29, 0.717) is 18.5 Å². The Morgan fingerprint density at radius 2 is 1.95 bits per heavy atom. The predicted molar refractivity (Wildman–Crippen MR) is 82.3 cm³/mol. The van der Waals surface area contributed by atoms with Crippen LogP contribution in [0.5, 0.6) is 0 Å². The number of carbonyl (C=O) groups is 2. The van der Waals surface area contributed by atoms with Crippen LogP contribution in [0.4, 0.5) is 5.69 Å².